The lowest BCUT2D eigenvalue weighted by atomic mass is 9.47. The minimum atomic E-state index is -6.49. The number of carbonyl (C=O) groups excluding carboxylic acids is 1. The number of aliphatic hydroxyl groups is 1. The molecule has 13 heteroatoms. The fourth-order valence-corrected chi connectivity index (χ4v) is 6.16. The zero-order chi connectivity index (χ0) is 23.6. The van der Waals surface area contributed by atoms with E-state index in [2.05, 4.69) is 11.3 Å². The van der Waals surface area contributed by atoms with Crippen LogP contribution in [0.25, 0.3) is 0 Å². The van der Waals surface area contributed by atoms with Crippen LogP contribution in [0.3, 0.4) is 0 Å². The van der Waals surface area contributed by atoms with E-state index in [1.165, 1.54) is 6.92 Å². The Labute approximate surface area is 175 Å². The summed E-state index contributed by atoms with van der Waals surface area (Å²) in [5.41, 5.74) is -2.45. The second kappa shape index (κ2) is 7.35. The van der Waals surface area contributed by atoms with Crippen LogP contribution in [0, 0.1) is 17.3 Å². The van der Waals surface area contributed by atoms with Crippen LogP contribution >= 0.6 is 0 Å². The first kappa shape index (κ1) is 24.3. The average Bonchev–Trinajstić information content (AvgIpc) is 2.55. The maximum Gasteiger partial charge on any atom is 0.421 e. The molecule has 4 bridgehead atoms. The Bertz CT molecular complexity index is 855. The van der Waals surface area contributed by atoms with Crippen LogP contribution < -0.4 is 0 Å². The van der Waals surface area contributed by atoms with E-state index in [1.54, 1.807) is 0 Å². The molecule has 0 aromatic heterocycles. The normalized spacial score (nSPS) is 35.0. The van der Waals surface area contributed by atoms with Crippen molar-refractivity contribution in [3.05, 3.63) is 12.2 Å². The first-order chi connectivity index (χ1) is 13.9. The quantitative estimate of drug-likeness (QED) is 0.190. The van der Waals surface area contributed by atoms with Gasteiger partial charge in [-0.3, -0.25) is 4.55 Å². The van der Waals surface area contributed by atoms with Crippen LogP contribution in [0.4, 0.5) is 22.0 Å². The minimum absolute atomic E-state index is 0.103. The van der Waals surface area contributed by atoms with E-state index in [-0.39, 0.29) is 36.7 Å². The molecule has 4 aliphatic rings. The third kappa shape index (κ3) is 4.33. The van der Waals surface area contributed by atoms with Crippen LogP contribution in [0.2, 0.25) is 0 Å². The monoisotopic (exact) mass is 478 g/mol. The highest BCUT2D eigenvalue weighted by atomic mass is 32.2. The molecule has 0 spiro atoms. The topological polar surface area (TPSA) is 110 Å². The van der Waals surface area contributed by atoms with E-state index in [1.807, 2.05) is 0 Å². The molecule has 4 atom stereocenters. The van der Waals surface area contributed by atoms with Gasteiger partial charge in [-0.15, -0.1) is 0 Å². The van der Waals surface area contributed by atoms with Crippen molar-refractivity contribution in [2.45, 2.75) is 74.9 Å². The largest absolute Gasteiger partial charge is 0.456 e. The predicted octanol–water partition coefficient (Wildman–Crippen LogP) is 3.19. The Morgan fingerprint density at radius 2 is 1.65 bits per heavy atom. The number of halogens is 5. The maximum absolute atomic E-state index is 13.9. The van der Waals surface area contributed by atoms with Gasteiger partial charge in [-0.25, -0.2) is 4.79 Å². The van der Waals surface area contributed by atoms with E-state index < -0.39 is 50.9 Å². The van der Waals surface area contributed by atoms with E-state index in [4.69, 9.17) is 9.29 Å². The number of alkyl halides is 5. The molecule has 0 saturated heterocycles. The Morgan fingerprint density at radius 3 is 2.06 bits per heavy atom. The van der Waals surface area contributed by atoms with Crippen molar-refractivity contribution >= 4 is 16.1 Å². The Hall–Kier alpha value is -1.31. The lowest BCUT2D eigenvalue weighted by Gasteiger charge is -2.62. The summed E-state index contributed by atoms with van der Waals surface area (Å²) in [5.74, 6) is -1.01. The van der Waals surface area contributed by atoms with Crippen LogP contribution in [-0.4, -0.2) is 53.5 Å². The van der Waals surface area contributed by atoms with Gasteiger partial charge in [0.25, 0.3) is 0 Å². The average molecular weight is 478 g/mol. The summed E-state index contributed by atoms with van der Waals surface area (Å²) in [6, 6.07) is 0. The molecule has 0 aromatic carbocycles. The number of aliphatic hydroxyl groups excluding tert-OH is 1. The number of hydrogen-bond acceptors (Lipinski definition) is 6. The summed E-state index contributed by atoms with van der Waals surface area (Å²) < 4.78 is 108. The summed E-state index contributed by atoms with van der Waals surface area (Å²) in [6.07, 6.45) is -11.0. The van der Waals surface area contributed by atoms with Gasteiger partial charge in [0.05, 0.1) is 0 Å². The fraction of sp³-hybridized carbons (Fsp3) is 0.833. The highest BCUT2D eigenvalue weighted by Gasteiger charge is 2.68. The number of rotatable bonds is 7. The van der Waals surface area contributed by atoms with Gasteiger partial charge in [-0.05, 0) is 57.3 Å². The summed E-state index contributed by atoms with van der Waals surface area (Å²) in [7, 11) is -6.49. The van der Waals surface area contributed by atoms with Gasteiger partial charge in [0, 0.05) is 11.0 Å². The molecule has 4 rings (SSSR count). The van der Waals surface area contributed by atoms with Crippen molar-refractivity contribution in [2.24, 2.45) is 17.3 Å². The Kier molecular flexibility index (Phi) is 5.77. The summed E-state index contributed by atoms with van der Waals surface area (Å²) in [4.78, 5) is 12.1. The molecule has 4 saturated carbocycles. The third-order valence-electron chi connectivity index (χ3n) is 6.45. The fourth-order valence-electron chi connectivity index (χ4n) is 5.70. The predicted molar refractivity (Wildman–Crippen MR) is 94.2 cm³/mol. The molecule has 2 N–H and O–H groups in total. The molecular weight excluding hydrogens is 455 g/mol. The highest BCUT2D eigenvalue weighted by Crippen LogP contribution is 2.64. The zero-order valence-corrected chi connectivity index (χ0v) is 17.3. The lowest BCUT2D eigenvalue weighted by molar-refractivity contribution is -0.337. The second-order valence-electron chi connectivity index (χ2n) is 9.12. The molecule has 4 unspecified atom stereocenters. The van der Waals surface area contributed by atoms with E-state index in [0.29, 0.717) is 19.3 Å². The molecule has 0 aromatic rings. The Morgan fingerprint density at radius 1 is 1.13 bits per heavy atom. The lowest BCUT2D eigenvalue weighted by Crippen LogP contribution is -2.62. The molecule has 4 fully saturated rings. The molecule has 0 amide bonds. The van der Waals surface area contributed by atoms with E-state index in [0.717, 1.165) is 0 Å². The maximum atomic E-state index is 13.9. The van der Waals surface area contributed by atoms with Gasteiger partial charge in [0.1, 0.15) is 5.60 Å². The van der Waals surface area contributed by atoms with Gasteiger partial charge in [-0.1, -0.05) is 6.58 Å². The van der Waals surface area contributed by atoms with Crippen molar-refractivity contribution in [1.29, 1.82) is 0 Å². The van der Waals surface area contributed by atoms with Crippen LogP contribution in [0.1, 0.15) is 45.4 Å². The summed E-state index contributed by atoms with van der Waals surface area (Å²) >= 11 is 0. The highest BCUT2D eigenvalue weighted by molar-refractivity contribution is 7.86. The number of ether oxygens (including phenoxy) is 2. The number of esters is 1. The summed E-state index contributed by atoms with van der Waals surface area (Å²) in [5, 5.41) is 4.81. The molecule has 31 heavy (non-hydrogen) atoms. The Balaban J connectivity index is 1.90. The first-order valence-corrected chi connectivity index (χ1v) is 11.0. The van der Waals surface area contributed by atoms with Crippen LogP contribution in [-0.2, 0) is 24.4 Å². The molecule has 0 aliphatic heterocycles. The zero-order valence-electron chi connectivity index (χ0n) is 16.5. The summed E-state index contributed by atoms with van der Waals surface area (Å²) in [6.45, 7) is 4.90. The van der Waals surface area contributed by atoms with Crippen molar-refractivity contribution in [1.82, 2.24) is 0 Å². The SMILES string of the molecule is C=C(C)C(=O)OC12CC3CC(C1)CC(C(O)OC(C(F)(F)F)C(F)(F)S(=O)(=O)O)(C3)C2. The van der Waals surface area contributed by atoms with Crippen LogP contribution in [0.5, 0.6) is 0 Å². The van der Waals surface area contributed by atoms with Crippen molar-refractivity contribution in [2.75, 3.05) is 0 Å². The van der Waals surface area contributed by atoms with Gasteiger partial charge in [0.15, 0.2) is 6.29 Å². The van der Waals surface area contributed by atoms with Crippen LogP contribution in [0.15, 0.2) is 12.2 Å². The smallest absolute Gasteiger partial charge is 0.421 e. The van der Waals surface area contributed by atoms with Gasteiger partial charge >= 0.3 is 27.5 Å². The van der Waals surface area contributed by atoms with Crippen molar-refractivity contribution in [3.8, 4) is 0 Å². The molecule has 0 radical (unpaired) electrons. The minimum Gasteiger partial charge on any atom is -0.456 e. The van der Waals surface area contributed by atoms with E-state index in [9.17, 15) is 40.3 Å². The van der Waals surface area contributed by atoms with Gasteiger partial charge < -0.3 is 14.6 Å². The molecule has 7 nitrogen and oxygen atoms in total. The third-order valence-corrected chi connectivity index (χ3v) is 7.35. The molecule has 0 heterocycles. The van der Waals surface area contributed by atoms with Crippen molar-refractivity contribution in [3.63, 3.8) is 0 Å². The number of carbonyl (C=O) groups is 1. The second-order valence-corrected chi connectivity index (χ2v) is 10.6. The van der Waals surface area contributed by atoms with Crippen molar-refractivity contribution < 1.29 is 54.3 Å². The molecule has 178 valence electrons. The molecule has 4 aliphatic carbocycles. The van der Waals surface area contributed by atoms with Gasteiger partial charge in [-0.2, -0.15) is 30.4 Å². The number of hydrogen-bond donors (Lipinski definition) is 2. The van der Waals surface area contributed by atoms with Gasteiger partial charge in [0.2, 0.25) is 6.10 Å². The standard InChI is InChI=1S/C18H23F5O7S/c1-9(2)12(24)30-16-6-10-3-11(7-16)5-15(4-10,8-16)14(25)29-13(17(19,20)21)18(22,23)31(26,27)28/h10-11,13-14,25H,1,3-8H2,2H3,(H,26,27,28). The van der Waals surface area contributed by atoms with E-state index >= 15 is 0 Å². The molecular formula is C18H23F5O7S. The first-order valence-electron chi connectivity index (χ1n) is 9.55.